The maximum absolute atomic E-state index is 12.8. The number of hydrogen-bond donors (Lipinski definition) is 1. The molecular formula is C18H21NO3S. The van der Waals surface area contributed by atoms with Crippen molar-refractivity contribution in [3.05, 3.63) is 57.3 Å². The van der Waals surface area contributed by atoms with Crippen LogP contribution < -0.4 is 0 Å². The zero-order valence-corrected chi connectivity index (χ0v) is 14.2. The zero-order chi connectivity index (χ0) is 16.8. The van der Waals surface area contributed by atoms with E-state index < -0.39 is 5.97 Å². The van der Waals surface area contributed by atoms with Crippen molar-refractivity contribution in [2.24, 2.45) is 0 Å². The predicted octanol–water partition coefficient (Wildman–Crippen LogP) is 3.87. The average Bonchev–Trinajstić information content (AvgIpc) is 2.86. The molecule has 0 saturated heterocycles. The molecule has 4 nitrogen and oxygen atoms in total. The Morgan fingerprint density at radius 2 is 1.87 bits per heavy atom. The van der Waals surface area contributed by atoms with Crippen molar-refractivity contribution in [3.63, 3.8) is 0 Å². The van der Waals surface area contributed by atoms with Crippen LogP contribution in [0.3, 0.4) is 0 Å². The van der Waals surface area contributed by atoms with E-state index in [9.17, 15) is 9.59 Å². The Morgan fingerprint density at radius 1 is 1.17 bits per heavy atom. The first-order chi connectivity index (χ1) is 11.0. The number of rotatable bonds is 7. The SMILES string of the molecule is Cc1cc(C(=O)N(CCCC(=O)O)Cc2ccccc2)sc1C. The quantitative estimate of drug-likeness (QED) is 0.838. The number of aliphatic carboxylic acids is 1. The van der Waals surface area contributed by atoms with Gasteiger partial charge in [-0.2, -0.15) is 0 Å². The molecule has 1 aromatic heterocycles. The number of amides is 1. The number of carbonyl (C=O) groups excluding carboxylic acids is 1. The van der Waals surface area contributed by atoms with E-state index in [4.69, 9.17) is 5.11 Å². The van der Waals surface area contributed by atoms with Gasteiger partial charge in [0.2, 0.25) is 0 Å². The van der Waals surface area contributed by atoms with Crippen LogP contribution in [0.2, 0.25) is 0 Å². The highest BCUT2D eigenvalue weighted by atomic mass is 32.1. The van der Waals surface area contributed by atoms with Crippen molar-refractivity contribution in [2.45, 2.75) is 33.2 Å². The number of carboxylic acids is 1. The molecule has 0 aliphatic heterocycles. The first-order valence-corrected chi connectivity index (χ1v) is 8.41. The predicted molar refractivity (Wildman–Crippen MR) is 91.8 cm³/mol. The number of benzene rings is 1. The van der Waals surface area contributed by atoms with E-state index >= 15 is 0 Å². The highest BCUT2D eigenvalue weighted by Crippen LogP contribution is 2.23. The van der Waals surface area contributed by atoms with Crippen molar-refractivity contribution in [1.82, 2.24) is 4.90 Å². The fraction of sp³-hybridized carbons (Fsp3) is 0.333. The molecule has 2 rings (SSSR count). The van der Waals surface area contributed by atoms with E-state index in [1.54, 1.807) is 4.90 Å². The molecule has 0 aliphatic rings. The van der Waals surface area contributed by atoms with Crippen LogP contribution in [-0.2, 0) is 11.3 Å². The fourth-order valence-electron chi connectivity index (χ4n) is 2.31. The Bertz CT molecular complexity index is 659. The van der Waals surface area contributed by atoms with Crippen molar-refractivity contribution in [2.75, 3.05) is 6.54 Å². The largest absolute Gasteiger partial charge is 0.481 e. The summed E-state index contributed by atoms with van der Waals surface area (Å²) in [4.78, 5) is 27.1. The van der Waals surface area contributed by atoms with Crippen molar-refractivity contribution >= 4 is 23.2 Å². The van der Waals surface area contributed by atoms with Crippen LogP contribution >= 0.6 is 11.3 Å². The van der Waals surface area contributed by atoms with Crippen LogP contribution in [0.1, 0.15) is 38.5 Å². The second kappa shape index (κ2) is 7.92. The second-order valence-electron chi connectivity index (χ2n) is 5.56. The summed E-state index contributed by atoms with van der Waals surface area (Å²) in [6.07, 6.45) is 0.526. The minimum absolute atomic E-state index is 0.0274. The molecule has 2 aromatic rings. The summed E-state index contributed by atoms with van der Waals surface area (Å²) in [6, 6.07) is 11.7. The van der Waals surface area contributed by atoms with Gasteiger partial charge in [0.25, 0.3) is 5.91 Å². The summed E-state index contributed by atoms with van der Waals surface area (Å²) < 4.78 is 0. The number of hydrogen-bond acceptors (Lipinski definition) is 3. The summed E-state index contributed by atoms with van der Waals surface area (Å²) in [7, 11) is 0. The van der Waals surface area contributed by atoms with Crippen LogP contribution in [0.5, 0.6) is 0 Å². The monoisotopic (exact) mass is 331 g/mol. The van der Waals surface area contributed by atoms with Gasteiger partial charge in [0, 0.05) is 24.4 Å². The Balaban J connectivity index is 2.14. The molecule has 0 radical (unpaired) electrons. The lowest BCUT2D eigenvalue weighted by molar-refractivity contribution is -0.137. The maximum atomic E-state index is 12.8. The molecule has 0 fully saturated rings. The molecule has 0 saturated carbocycles. The molecule has 1 N–H and O–H groups in total. The number of carboxylic acid groups (broad SMARTS) is 1. The lowest BCUT2D eigenvalue weighted by Crippen LogP contribution is -2.31. The molecule has 0 atom stereocenters. The van der Waals surface area contributed by atoms with E-state index in [1.807, 2.05) is 50.2 Å². The number of thiophene rings is 1. The molecule has 0 bridgehead atoms. The van der Waals surface area contributed by atoms with Crippen LogP contribution in [0, 0.1) is 13.8 Å². The molecule has 0 aliphatic carbocycles. The van der Waals surface area contributed by atoms with Gasteiger partial charge in [-0.25, -0.2) is 0 Å². The summed E-state index contributed by atoms with van der Waals surface area (Å²) in [5, 5.41) is 8.81. The van der Waals surface area contributed by atoms with Crippen molar-refractivity contribution in [3.8, 4) is 0 Å². The molecule has 122 valence electrons. The fourth-order valence-corrected chi connectivity index (χ4v) is 3.31. The van der Waals surface area contributed by atoms with Gasteiger partial charge in [0.15, 0.2) is 0 Å². The highest BCUT2D eigenvalue weighted by molar-refractivity contribution is 7.14. The highest BCUT2D eigenvalue weighted by Gasteiger charge is 2.19. The van der Waals surface area contributed by atoms with Gasteiger partial charge < -0.3 is 10.0 Å². The van der Waals surface area contributed by atoms with Gasteiger partial charge in [0.05, 0.1) is 4.88 Å². The Morgan fingerprint density at radius 3 is 2.43 bits per heavy atom. The summed E-state index contributed by atoms with van der Waals surface area (Å²) >= 11 is 1.49. The van der Waals surface area contributed by atoms with Gasteiger partial charge in [-0.05, 0) is 37.5 Å². The molecule has 23 heavy (non-hydrogen) atoms. The third-order valence-corrected chi connectivity index (χ3v) is 4.84. The molecule has 1 amide bonds. The lowest BCUT2D eigenvalue weighted by atomic mass is 10.2. The molecule has 1 heterocycles. The average molecular weight is 331 g/mol. The Kier molecular flexibility index (Phi) is 5.93. The van der Waals surface area contributed by atoms with E-state index in [2.05, 4.69) is 0 Å². The van der Waals surface area contributed by atoms with Gasteiger partial charge in [-0.3, -0.25) is 9.59 Å². The maximum Gasteiger partial charge on any atom is 0.303 e. The van der Waals surface area contributed by atoms with E-state index in [-0.39, 0.29) is 12.3 Å². The van der Waals surface area contributed by atoms with Crippen LogP contribution in [0.15, 0.2) is 36.4 Å². The lowest BCUT2D eigenvalue weighted by Gasteiger charge is -2.22. The number of nitrogens with zero attached hydrogens (tertiary/aromatic N) is 1. The Labute approximate surface area is 140 Å². The summed E-state index contributed by atoms with van der Waals surface area (Å²) in [5.74, 6) is -0.861. The van der Waals surface area contributed by atoms with E-state index in [0.29, 0.717) is 24.4 Å². The third-order valence-electron chi connectivity index (χ3n) is 3.70. The normalized spacial score (nSPS) is 10.5. The standard InChI is InChI=1S/C18H21NO3S/c1-13-11-16(23-14(13)2)18(22)19(10-6-9-17(20)21)12-15-7-4-3-5-8-15/h3-5,7-8,11H,6,9-10,12H2,1-2H3,(H,20,21). The van der Waals surface area contributed by atoms with Crippen LogP contribution in [0.25, 0.3) is 0 Å². The molecule has 0 spiro atoms. The topological polar surface area (TPSA) is 57.6 Å². The van der Waals surface area contributed by atoms with Crippen LogP contribution in [-0.4, -0.2) is 28.4 Å². The molecule has 1 aromatic carbocycles. The van der Waals surface area contributed by atoms with E-state index in [0.717, 1.165) is 16.0 Å². The second-order valence-corrected chi connectivity index (χ2v) is 6.82. The van der Waals surface area contributed by atoms with Gasteiger partial charge in [-0.1, -0.05) is 30.3 Å². The van der Waals surface area contributed by atoms with Gasteiger partial charge in [-0.15, -0.1) is 11.3 Å². The minimum atomic E-state index is -0.833. The van der Waals surface area contributed by atoms with E-state index in [1.165, 1.54) is 11.3 Å². The number of aryl methyl sites for hydroxylation is 2. The minimum Gasteiger partial charge on any atom is -0.481 e. The molecule has 0 unspecified atom stereocenters. The summed E-state index contributed by atoms with van der Waals surface area (Å²) in [6.45, 7) is 4.93. The first kappa shape index (κ1) is 17.2. The molecule has 5 heteroatoms. The zero-order valence-electron chi connectivity index (χ0n) is 13.4. The van der Waals surface area contributed by atoms with Gasteiger partial charge in [0.1, 0.15) is 0 Å². The first-order valence-electron chi connectivity index (χ1n) is 7.59. The van der Waals surface area contributed by atoms with Crippen LogP contribution in [0.4, 0.5) is 0 Å². The van der Waals surface area contributed by atoms with Crippen molar-refractivity contribution < 1.29 is 14.7 Å². The summed E-state index contributed by atoms with van der Waals surface area (Å²) in [5.41, 5.74) is 2.16. The Hall–Kier alpha value is -2.14. The number of carbonyl (C=O) groups is 2. The van der Waals surface area contributed by atoms with Gasteiger partial charge >= 0.3 is 5.97 Å². The third kappa shape index (κ3) is 4.93. The van der Waals surface area contributed by atoms with Crippen molar-refractivity contribution in [1.29, 1.82) is 0 Å². The smallest absolute Gasteiger partial charge is 0.303 e. The molecular weight excluding hydrogens is 310 g/mol.